The number of benzene rings is 1. The number of hydrogen-bond donors (Lipinski definition) is 0. The number of carbonyl (C=O) groups excluding carboxylic acids is 1. The largest absolute Gasteiger partial charge is 0.493 e. The van der Waals surface area contributed by atoms with E-state index in [4.69, 9.17) is 14.2 Å². The van der Waals surface area contributed by atoms with Gasteiger partial charge in [-0.15, -0.1) is 0 Å². The Morgan fingerprint density at radius 3 is 2.44 bits per heavy atom. The van der Waals surface area contributed by atoms with Crippen molar-refractivity contribution in [3.8, 4) is 17.2 Å². The highest BCUT2D eigenvalue weighted by Gasteiger charge is 2.29. The van der Waals surface area contributed by atoms with Gasteiger partial charge in [0.05, 0.1) is 39.1 Å². The van der Waals surface area contributed by atoms with Crippen LogP contribution in [0.5, 0.6) is 17.2 Å². The Balaban J connectivity index is 1.93. The molecule has 0 bridgehead atoms. The number of aromatic nitrogens is 2. The van der Waals surface area contributed by atoms with Crippen molar-refractivity contribution in [3.63, 3.8) is 0 Å². The van der Waals surface area contributed by atoms with Crippen molar-refractivity contribution >= 4 is 11.7 Å². The summed E-state index contributed by atoms with van der Waals surface area (Å²) in [5.74, 6) is 2.04. The topological polar surface area (TPSA) is 77.0 Å². The molecule has 1 amide bonds. The highest BCUT2D eigenvalue weighted by molar-refractivity contribution is 5.98. The Kier molecular flexibility index (Phi) is 5.34. The molecule has 3 rings (SSSR count). The third-order valence-electron chi connectivity index (χ3n) is 4.63. The van der Waals surface area contributed by atoms with Crippen LogP contribution in [0.4, 0.5) is 5.82 Å². The quantitative estimate of drug-likeness (QED) is 0.791. The summed E-state index contributed by atoms with van der Waals surface area (Å²) in [4.78, 5) is 25.6. The summed E-state index contributed by atoms with van der Waals surface area (Å²) >= 11 is 0. The van der Waals surface area contributed by atoms with E-state index in [9.17, 15) is 4.79 Å². The Bertz CT molecular complexity index is 854. The molecular weight excluding hydrogens is 348 g/mol. The van der Waals surface area contributed by atoms with E-state index in [-0.39, 0.29) is 5.91 Å². The lowest BCUT2D eigenvalue weighted by Gasteiger charge is -2.30. The van der Waals surface area contributed by atoms with Crippen molar-refractivity contribution in [1.29, 1.82) is 0 Å². The van der Waals surface area contributed by atoms with Crippen molar-refractivity contribution in [2.45, 2.75) is 13.0 Å². The monoisotopic (exact) mass is 372 g/mol. The highest BCUT2D eigenvalue weighted by atomic mass is 16.5. The fourth-order valence-electron chi connectivity index (χ4n) is 3.34. The third-order valence-corrected chi connectivity index (χ3v) is 4.63. The molecule has 0 unspecified atom stereocenters. The van der Waals surface area contributed by atoms with Crippen LogP contribution in [0.25, 0.3) is 0 Å². The van der Waals surface area contributed by atoms with E-state index in [2.05, 4.69) is 9.97 Å². The van der Waals surface area contributed by atoms with Gasteiger partial charge in [-0.3, -0.25) is 4.79 Å². The summed E-state index contributed by atoms with van der Waals surface area (Å²) in [7, 11) is 8.48. The van der Waals surface area contributed by atoms with Gasteiger partial charge in [0.2, 0.25) is 5.75 Å². The highest BCUT2D eigenvalue weighted by Crippen LogP contribution is 2.40. The zero-order valence-electron chi connectivity index (χ0n) is 16.3. The molecule has 0 N–H and O–H groups in total. The molecule has 2 heterocycles. The van der Waals surface area contributed by atoms with Gasteiger partial charge in [0.15, 0.2) is 11.5 Å². The second kappa shape index (κ2) is 7.69. The number of hydrogen-bond acceptors (Lipinski definition) is 7. The van der Waals surface area contributed by atoms with Gasteiger partial charge in [0.25, 0.3) is 5.91 Å². The number of anilines is 1. The Morgan fingerprint density at radius 2 is 1.81 bits per heavy atom. The first-order valence-electron chi connectivity index (χ1n) is 8.60. The van der Waals surface area contributed by atoms with E-state index in [0.29, 0.717) is 42.3 Å². The fourth-order valence-corrected chi connectivity index (χ4v) is 3.34. The minimum Gasteiger partial charge on any atom is -0.493 e. The van der Waals surface area contributed by atoms with Gasteiger partial charge in [-0.25, -0.2) is 9.97 Å². The lowest BCUT2D eigenvalue weighted by molar-refractivity contribution is 0.0727. The number of amides is 1. The number of fused-ring (bicyclic) bond motifs is 1. The number of nitrogens with zero attached hydrogens (tertiary/aromatic N) is 4. The maximum absolute atomic E-state index is 13.2. The van der Waals surface area contributed by atoms with Crippen molar-refractivity contribution in [1.82, 2.24) is 14.9 Å². The molecule has 1 aliphatic heterocycles. The van der Waals surface area contributed by atoms with Gasteiger partial charge >= 0.3 is 0 Å². The van der Waals surface area contributed by atoms with Crippen molar-refractivity contribution < 1.29 is 19.0 Å². The van der Waals surface area contributed by atoms with Gasteiger partial charge in [0, 0.05) is 26.2 Å². The minimum absolute atomic E-state index is 0.136. The van der Waals surface area contributed by atoms with Crippen LogP contribution in [0.15, 0.2) is 18.5 Å². The van der Waals surface area contributed by atoms with E-state index >= 15 is 0 Å². The molecular formula is C19H24N4O4. The van der Waals surface area contributed by atoms with Crippen molar-refractivity contribution in [3.05, 3.63) is 35.3 Å². The molecule has 0 aliphatic carbocycles. The zero-order valence-corrected chi connectivity index (χ0v) is 16.3. The first-order chi connectivity index (χ1) is 13.0. The third kappa shape index (κ3) is 3.34. The smallest absolute Gasteiger partial charge is 0.258 e. The molecule has 1 aromatic carbocycles. The Labute approximate surface area is 158 Å². The average molecular weight is 372 g/mol. The van der Waals surface area contributed by atoms with E-state index in [1.54, 1.807) is 30.5 Å². The molecule has 0 fully saturated rings. The summed E-state index contributed by atoms with van der Waals surface area (Å²) in [5, 5.41) is 0. The molecule has 0 radical (unpaired) electrons. The van der Waals surface area contributed by atoms with Gasteiger partial charge in [0.1, 0.15) is 12.1 Å². The number of carbonyl (C=O) groups is 1. The van der Waals surface area contributed by atoms with Crippen LogP contribution in [-0.2, 0) is 13.0 Å². The molecule has 8 heteroatoms. The van der Waals surface area contributed by atoms with Crippen molar-refractivity contribution in [2.75, 3.05) is 46.9 Å². The lowest BCUT2D eigenvalue weighted by Crippen LogP contribution is -2.37. The van der Waals surface area contributed by atoms with Gasteiger partial charge in [-0.2, -0.15) is 0 Å². The van der Waals surface area contributed by atoms with Crippen LogP contribution < -0.4 is 19.1 Å². The molecule has 0 saturated heterocycles. The van der Waals surface area contributed by atoms with Crippen LogP contribution in [0.3, 0.4) is 0 Å². The SMILES string of the molecule is COc1ccc(C(=O)N2CCc3c(ncnc3N(C)C)C2)c(OC)c1OC. The molecule has 1 aromatic heterocycles. The summed E-state index contributed by atoms with van der Waals surface area (Å²) < 4.78 is 16.1. The van der Waals surface area contributed by atoms with Crippen LogP contribution in [0, 0.1) is 0 Å². The molecule has 0 atom stereocenters. The Morgan fingerprint density at radius 1 is 1.07 bits per heavy atom. The fraction of sp³-hybridized carbons (Fsp3) is 0.421. The minimum atomic E-state index is -0.136. The van der Waals surface area contributed by atoms with Gasteiger partial charge in [-0.05, 0) is 18.6 Å². The molecule has 2 aromatic rings. The van der Waals surface area contributed by atoms with Crippen molar-refractivity contribution in [2.24, 2.45) is 0 Å². The van der Waals surface area contributed by atoms with Crippen LogP contribution >= 0.6 is 0 Å². The first-order valence-corrected chi connectivity index (χ1v) is 8.60. The molecule has 0 spiro atoms. The van der Waals surface area contributed by atoms with Crippen LogP contribution in [0.1, 0.15) is 21.6 Å². The molecule has 0 saturated carbocycles. The summed E-state index contributed by atoms with van der Waals surface area (Å²) in [6.45, 7) is 1.01. The van der Waals surface area contributed by atoms with Gasteiger partial charge < -0.3 is 24.0 Å². The zero-order chi connectivity index (χ0) is 19.6. The maximum Gasteiger partial charge on any atom is 0.258 e. The molecule has 8 nitrogen and oxygen atoms in total. The first kappa shape index (κ1) is 18.8. The second-order valence-corrected chi connectivity index (χ2v) is 6.38. The molecule has 1 aliphatic rings. The average Bonchev–Trinajstić information content (AvgIpc) is 2.70. The van der Waals surface area contributed by atoms with Gasteiger partial charge in [-0.1, -0.05) is 0 Å². The predicted molar refractivity (Wildman–Crippen MR) is 101 cm³/mol. The maximum atomic E-state index is 13.2. The molecule has 27 heavy (non-hydrogen) atoms. The summed E-state index contributed by atoms with van der Waals surface area (Å²) in [5.41, 5.74) is 2.39. The van der Waals surface area contributed by atoms with E-state index < -0.39 is 0 Å². The van der Waals surface area contributed by atoms with E-state index in [0.717, 1.165) is 17.1 Å². The van der Waals surface area contributed by atoms with Crippen LogP contribution in [-0.4, -0.2) is 62.7 Å². The summed E-state index contributed by atoms with van der Waals surface area (Å²) in [6, 6.07) is 3.40. The van der Waals surface area contributed by atoms with Crippen LogP contribution in [0.2, 0.25) is 0 Å². The molecule has 144 valence electrons. The second-order valence-electron chi connectivity index (χ2n) is 6.38. The summed E-state index contributed by atoms with van der Waals surface area (Å²) in [6.07, 6.45) is 2.24. The normalized spacial score (nSPS) is 13.0. The number of methoxy groups -OCH3 is 3. The van der Waals surface area contributed by atoms with E-state index in [1.165, 1.54) is 14.2 Å². The number of ether oxygens (including phenoxy) is 3. The standard InChI is InChI=1S/C19H24N4O4/c1-22(2)18-12-8-9-23(10-14(12)20-11-21-18)19(24)13-6-7-15(25-3)17(27-5)16(13)26-4/h6-7,11H,8-10H2,1-5H3. The Hall–Kier alpha value is -3.03. The lowest BCUT2D eigenvalue weighted by atomic mass is 10.0. The predicted octanol–water partition coefficient (Wildman–Crippen LogP) is 1.77. The number of rotatable bonds is 5. The van der Waals surface area contributed by atoms with E-state index in [1.807, 2.05) is 19.0 Å².